The van der Waals surface area contributed by atoms with Gasteiger partial charge in [0.25, 0.3) is 0 Å². The van der Waals surface area contributed by atoms with Crippen LogP contribution in [0.1, 0.15) is 364 Å². The second kappa shape index (κ2) is 54.1. The zero-order valence-corrected chi connectivity index (χ0v) is 72.4. The first kappa shape index (κ1) is 91.7. The molecule has 5 heterocycles. The number of benzene rings is 4. The summed E-state index contributed by atoms with van der Waals surface area (Å²) in [5.41, 5.74) is 5.32. The van der Waals surface area contributed by atoms with Gasteiger partial charge in [-0.2, -0.15) is 0 Å². The number of nitrogens with zero attached hydrogens (tertiary/aromatic N) is 6. The van der Waals surface area contributed by atoms with Crippen molar-refractivity contribution in [2.75, 3.05) is 52.9 Å². The van der Waals surface area contributed by atoms with E-state index in [-0.39, 0.29) is 17.1 Å². The summed E-state index contributed by atoms with van der Waals surface area (Å²) in [4.78, 5) is 41.4. The number of aromatic nitrogens is 8. The summed E-state index contributed by atoms with van der Waals surface area (Å²) in [7, 11) is 0. The van der Waals surface area contributed by atoms with Gasteiger partial charge in [0.15, 0.2) is 69.3 Å². The number of H-pyrrole nitrogens is 2. The van der Waals surface area contributed by atoms with Gasteiger partial charge in [-0.05, 0) is 99.9 Å². The molecule has 1 radical (unpaired) electrons. The van der Waals surface area contributed by atoms with Crippen molar-refractivity contribution in [3.8, 4) is 91.5 Å². The Morgan fingerprint density at radius 1 is 0.186 bits per heavy atom. The van der Waals surface area contributed by atoms with Crippen LogP contribution in [0.5, 0.6) is 46.0 Å². The first-order chi connectivity index (χ1) is 55.3. The van der Waals surface area contributed by atoms with E-state index in [1.54, 1.807) is 0 Å². The number of rotatable bonds is 64. The predicted molar refractivity (Wildman–Crippen MR) is 467 cm³/mol. The van der Waals surface area contributed by atoms with E-state index in [9.17, 15) is 0 Å². The summed E-state index contributed by atoms with van der Waals surface area (Å²) in [5.74, 6) is 7.23. The molecule has 0 atom stereocenters. The molecule has 3 aromatic heterocycles. The van der Waals surface area contributed by atoms with E-state index in [4.69, 9.17) is 67.8 Å². The maximum atomic E-state index is 6.90. The quantitative estimate of drug-likeness (QED) is 0.0271. The van der Waals surface area contributed by atoms with E-state index < -0.39 is 0 Å². The van der Waals surface area contributed by atoms with Crippen molar-refractivity contribution in [1.29, 1.82) is 0 Å². The maximum Gasteiger partial charge on any atom is 2.00 e. The first-order valence-corrected chi connectivity index (χ1v) is 45.9. The number of ether oxygens (including phenoxy) is 8. The van der Waals surface area contributed by atoms with Crippen LogP contribution in [0.15, 0.2) is 48.5 Å². The van der Waals surface area contributed by atoms with Crippen molar-refractivity contribution in [2.45, 2.75) is 364 Å². The van der Waals surface area contributed by atoms with Crippen LogP contribution in [0.3, 0.4) is 0 Å². The van der Waals surface area contributed by atoms with Crippen LogP contribution in [0.4, 0.5) is 0 Å². The predicted octanol–water partition coefficient (Wildman–Crippen LogP) is 28.8. The zero-order valence-electron chi connectivity index (χ0n) is 71.5. The average molecular weight is 1600 g/mol. The fourth-order valence-corrected chi connectivity index (χ4v) is 15.2. The molecular weight excluding hydrogens is 1460 g/mol. The van der Waals surface area contributed by atoms with Crippen LogP contribution in [-0.2, 0) is 17.1 Å². The molecule has 627 valence electrons. The molecule has 0 saturated carbocycles. The molecule has 2 aliphatic rings. The summed E-state index contributed by atoms with van der Waals surface area (Å²) < 4.78 is 55.2. The van der Waals surface area contributed by atoms with Gasteiger partial charge in [0.05, 0.1) is 52.9 Å². The molecule has 0 fully saturated rings. The molecule has 8 bridgehead atoms. The summed E-state index contributed by atoms with van der Waals surface area (Å²) in [5, 5.41) is 3.21. The van der Waals surface area contributed by atoms with Crippen molar-refractivity contribution >= 4 is 44.1 Å². The number of aromatic amines is 2. The van der Waals surface area contributed by atoms with E-state index in [1.165, 1.54) is 205 Å². The monoisotopic (exact) mass is 1600 g/mol. The van der Waals surface area contributed by atoms with E-state index >= 15 is 0 Å². The van der Waals surface area contributed by atoms with Gasteiger partial charge in [0, 0.05) is 43.8 Å². The molecule has 113 heavy (non-hydrogen) atoms. The second-order valence-corrected chi connectivity index (χ2v) is 31.9. The number of unbranched alkanes of at least 4 members (excludes halogenated alkanes) is 40. The van der Waals surface area contributed by atoms with Gasteiger partial charge in [-0.25, -0.2) is 29.9 Å². The van der Waals surface area contributed by atoms with Crippen LogP contribution in [0.25, 0.3) is 89.7 Å². The minimum Gasteiger partial charge on any atom is -0.490 e. The zero-order chi connectivity index (χ0) is 78.4. The topological polar surface area (TPSA) is 183 Å². The summed E-state index contributed by atoms with van der Waals surface area (Å²) in [6.45, 7) is 22.6. The van der Waals surface area contributed by atoms with E-state index in [1.807, 2.05) is 0 Å². The van der Waals surface area contributed by atoms with Crippen LogP contribution in [-0.4, -0.2) is 92.7 Å². The van der Waals surface area contributed by atoms with Gasteiger partial charge in [-0.1, -0.05) is 312 Å². The third kappa shape index (κ3) is 30.0. The Kier molecular flexibility index (Phi) is 43.9. The smallest absolute Gasteiger partial charge is 0.490 e. The molecule has 0 unspecified atom stereocenters. The molecule has 0 amide bonds. The molecule has 7 aromatic rings. The molecule has 0 saturated heterocycles. The van der Waals surface area contributed by atoms with Crippen LogP contribution < -0.4 is 37.9 Å². The molecule has 17 heteroatoms. The minimum atomic E-state index is 0. The second-order valence-electron chi connectivity index (χ2n) is 31.9. The fraction of sp³-hybridized carbons (Fsp3) is 0.667. The van der Waals surface area contributed by atoms with Gasteiger partial charge < -0.3 is 47.9 Å². The van der Waals surface area contributed by atoms with Crippen LogP contribution in [0, 0.1) is 0 Å². The Morgan fingerprint density at radius 3 is 0.487 bits per heavy atom. The number of nitrogens with one attached hydrogen (secondary N) is 2. The van der Waals surface area contributed by atoms with Gasteiger partial charge in [-0.3, -0.25) is 0 Å². The minimum absolute atomic E-state index is 0. The van der Waals surface area contributed by atoms with Crippen LogP contribution in [0.2, 0.25) is 0 Å². The summed E-state index contributed by atoms with van der Waals surface area (Å²) in [6.07, 6.45) is 55.2. The Balaban J connectivity index is 0.0000160. The first-order valence-electron chi connectivity index (χ1n) is 45.9. The molecule has 0 aliphatic carbocycles. The maximum absolute atomic E-state index is 6.90. The summed E-state index contributed by atoms with van der Waals surface area (Å²) >= 11 is 0. The molecule has 2 N–H and O–H groups in total. The standard InChI is InChI=1S/C96H146N8O8.Cu/c1-9-17-25-33-41-49-57-105-81-65-73-74(66-82(81)106-58-50-42-34-26-18-10-2)90-97-89(73)101-91-75-67-83(107-59-51-43-35-27-19-11-3)84(108-60-52-44-36-28-20-12-4)68-76(75)93(98-91)103-95-79-71-87(111-63-55-47-39-31-23-15-7)88(112-64-56-48-40-32-24-16-8)72-80(79)96(100-95)104-94-78-70-86(110-62-54-46-38-30-22-14-6)85(69-77(78)92(99-94)102-90)109-61-53-45-37-29-21-13-5;/h65-72H,9-64H2,1-8H3,(H2,97,98,99,100,101,102,103,104);/q;+2. The van der Waals surface area contributed by atoms with Gasteiger partial charge >= 0.3 is 17.1 Å². The van der Waals surface area contributed by atoms with Gasteiger partial charge in [0.1, 0.15) is 22.6 Å². The molecular formula is C96H146CuN8O8+2. The van der Waals surface area contributed by atoms with Gasteiger partial charge in [-0.15, -0.1) is 0 Å². The largest absolute Gasteiger partial charge is 2.00 e. The Morgan fingerprint density at radius 2 is 0.327 bits per heavy atom. The third-order valence-corrected chi connectivity index (χ3v) is 22.1. The van der Waals surface area contributed by atoms with Crippen molar-refractivity contribution in [3.05, 3.63) is 48.5 Å². The Bertz CT molecular complexity index is 3510. The van der Waals surface area contributed by atoms with Gasteiger partial charge in [0.2, 0.25) is 0 Å². The van der Waals surface area contributed by atoms with Crippen molar-refractivity contribution in [2.24, 2.45) is 0 Å². The molecule has 0 spiro atoms. The fourth-order valence-electron chi connectivity index (χ4n) is 15.2. The van der Waals surface area contributed by atoms with Crippen LogP contribution >= 0.6 is 0 Å². The van der Waals surface area contributed by atoms with Crippen molar-refractivity contribution < 1.29 is 55.0 Å². The summed E-state index contributed by atoms with van der Waals surface area (Å²) in [6, 6.07) is 16.8. The average Bonchev–Trinajstić information content (AvgIpc) is 1.62. The molecule has 2 aliphatic heterocycles. The number of fused-ring (bicyclic) bond motifs is 20. The molecule has 4 aromatic carbocycles. The van der Waals surface area contributed by atoms with E-state index in [0.717, 1.165) is 147 Å². The van der Waals surface area contributed by atoms with Crippen molar-refractivity contribution in [1.82, 2.24) is 39.9 Å². The normalized spacial score (nSPS) is 11.7. The van der Waals surface area contributed by atoms with E-state index in [0.29, 0.717) is 145 Å². The SMILES string of the molecule is CCCCCCCCOc1cc2c(cc1OCCCCCCCC)-c1nc-2nc2[nH]c(nc3nc(nc4[nH]c(n1)c1cc(OCCCCCCCC)c(OCCCCCCCC)cc41)-c1cc(OCCCCCCCC)c(OCCCCCCCC)cc1-3)c1cc(OCCCCCCCC)c(OCCCCCCCC)cc21.[Cu+2]. The number of hydrogen-bond acceptors (Lipinski definition) is 14. The molecule has 9 rings (SSSR count). The Hall–Kier alpha value is -6.84. The Labute approximate surface area is 691 Å². The third-order valence-electron chi connectivity index (χ3n) is 22.1. The number of hydrogen-bond donors (Lipinski definition) is 2. The van der Waals surface area contributed by atoms with E-state index in [2.05, 4.69) is 114 Å². The molecule has 16 nitrogen and oxygen atoms in total. The van der Waals surface area contributed by atoms with Crippen molar-refractivity contribution in [3.63, 3.8) is 0 Å².